The molecule has 23 heavy (non-hydrogen) atoms. The summed E-state index contributed by atoms with van der Waals surface area (Å²) >= 11 is 0. The molecule has 0 spiro atoms. The fraction of sp³-hybridized carbons (Fsp3) is 0.632. The van der Waals surface area contributed by atoms with Crippen LogP contribution in [0.3, 0.4) is 0 Å². The maximum atomic E-state index is 12.6. The Balaban J connectivity index is 1.52. The average Bonchev–Trinajstić information content (AvgIpc) is 2.97. The summed E-state index contributed by atoms with van der Waals surface area (Å²) in [7, 11) is 0. The number of ether oxygens (including phenoxy) is 1. The first kappa shape index (κ1) is 16.3. The number of nitrogens with zero attached hydrogens (tertiary/aromatic N) is 1. The molecule has 0 unspecified atom stereocenters. The van der Waals surface area contributed by atoms with Crippen LogP contribution in [0.2, 0.25) is 0 Å². The van der Waals surface area contributed by atoms with Crippen LogP contribution in [0.1, 0.15) is 43.2 Å². The van der Waals surface area contributed by atoms with Gasteiger partial charge in [-0.15, -0.1) is 0 Å². The lowest BCUT2D eigenvalue weighted by atomic mass is 10.00. The normalized spacial score (nSPS) is 25.6. The minimum atomic E-state index is 0.0483. The number of piperidine rings is 1. The Kier molecular flexibility index (Phi) is 4.90. The van der Waals surface area contributed by atoms with Crippen LogP contribution in [0, 0.1) is 19.8 Å². The van der Waals surface area contributed by atoms with Gasteiger partial charge in [-0.05, 0) is 49.9 Å². The first-order chi connectivity index (χ1) is 11.0. The van der Waals surface area contributed by atoms with Gasteiger partial charge in [0, 0.05) is 32.0 Å². The van der Waals surface area contributed by atoms with Crippen molar-refractivity contribution in [1.29, 1.82) is 0 Å². The number of hydrogen-bond acceptors (Lipinski definition) is 3. The highest BCUT2D eigenvalue weighted by Gasteiger charge is 2.35. The smallest absolute Gasteiger partial charge is 0.227 e. The molecule has 2 atom stereocenters. The third kappa shape index (κ3) is 3.69. The Hall–Kier alpha value is -1.55. The SMILES string of the molecule is Cc1ccc(OC2CCN(C(=O)[C@H]3CCC[C@@H]3N)CC2)cc1C. The number of aryl methyl sites for hydroxylation is 2. The zero-order valence-corrected chi connectivity index (χ0v) is 14.3. The largest absolute Gasteiger partial charge is 0.490 e. The first-order valence-corrected chi connectivity index (χ1v) is 8.83. The standard InChI is InChI=1S/C19H28N2O2/c1-13-6-7-16(12-14(13)2)23-15-8-10-21(11-9-15)19(22)17-4-3-5-18(17)20/h6-7,12,15,17-18H,3-5,8-11,20H2,1-2H3/t17-,18-/m0/s1. The lowest BCUT2D eigenvalue weighted by molar-refractivity contribution is -0.137. The number of nitrogens with two attached hydrogens (primary N) is 1. The Morgan fingerprint density at radius 1 is 1.13 bits per heavy atom. The second-order valence-electron chi connectivity index (χ2n) is 7.09. The van der Waals surface area contributed by atoms with E-state index in [-0.39, 0.29) is 24.0 Å². The monoisotopic (exact) mass is 316 g/mol. The molecule has 1 aromatic rings. The van der Waals surface area contributed by atoms with Crippen LogP contribution in [0.15, 0.2) is 18.2 Å². The number of carbonyl (C=O) groups excluding carboxylic acids is 1. The number of amides is 1. The Morgan fingerprint density at radius 3 is 2.48 bits per heavy atom. The second kappa shape index (κ2) is 6.91. The number of hydrogen-bond donors (Lipinski definition) is 1. The van der Waals surface area contributed by atoms with E-state index in [9.17, 15) is 4.79 Å². The van der Waals surface area contributed by atoms with Gasteiger partial charge >= 0.3 is 0 Å². The molecule has 2 fully saturated rings. The first-order valence-electron chi connectivity index (χ1n) is 8.83. The van der Waals surface area contributed by atoms with E-state index in [1.54, 1.807) is 0 Å². The molecule has 4 nitrogen and oxygen atoms in total. The van der Waals surface area contributed by atoms with E-state index in [0.717, 1.165) is 50.9 Å². The maximum absolute atomic E-state index is 12.6. The average molecular weight is 316 g/mol. The molecule has 2 aliphatic rings. The molecular formula is C19H28N2O2. The summed E-state index contributed by atoms with van der Waals surface area (Å²) in [6.07, 6.45) is 5.05. The number of carbonyl (C=O) groups is 1. The van der Waals surface area contributed by atoms with Gasteiger partial charge in [0.1, 0.15) is 11.9 Å². The van der Waals surface area contributed by atoms with Crippen molar-refractivity contribution in [3.8, 4) is 5.75 Å². The van der Waals surface area contributed by atoms with Gasteiger partial charge in [-0.25, -0.2) is 0 Å². The van der Waals surface area contributed by atoms with E-state index in [0.29, 0.717) is 0 Å². The summed E-state index contributed by atoms with van der Waals surface area (Å²) in [6, 6.07) is 6.30. The molecule has 0 radical (unpaired) electrons. The predicted molar refractivity (Wildman–Crippen MR) is 91.5 cm³/mol. The Morgan fingerprint density at radius 2 is 1.87 bits per heavy atom. The molecule has 1 saturated carbocycles. The van der Waals surface area contributed by atoms with Gasteiger partial charge < -0.3 is 15.4 Å². The predicted octanol–water partition coefficient (Wildman–Crippen LogP) is 2.80. The van der Waals surface area contributed by atoms with Crippen LogP contribution in [0.4, 0.5) is 0 Å². The van der Waals surface area contributed by atoms with E-state index in [1.807, 2.05) is 11.0 Å². The molecule has 1 amide bonds. The van der Waals surface area contributed by atoms with Gasteiger partial charge in [0.05, 0.1) is 5.92 Å². The van der Waals surface area contributed by atoms with Crippen LogP contribution in [-0.2, 0) is 4.79 Å². The molecule has 0 aromatic heterocycles. The van der Waals surface area contributed by atoms with Crippen LogP contribution in [0.25, 0.3) is 0 Å². The molecular weight excluding hydrogens is 288 g/mol. The van der Waals surface area contributed by atoms with Gasteiger partial charge in [0.25, 0.3) is 0 Å². The highest BCUT2D eigenvalue weighted by molar-refractivity contribution is 5.80. The lowest BCUT2D eigenvalue weighted by Crippen LogP contribution is -2.47. The molecule has 3 rings (SSSR count). The molecule has 2 N–H and O–H groups in total. The molecule has 4 heteroatoms. The lowest BCUT2D eigenvalue weighted by Gasteiger charge is -2.34. The third-order valence-corrected chi connectivity index (χ3v) is 5.42. The molecule has 1 heterocycles. The van der Waals surface area contributed by atoms with Gasteiger partial charge in [-0.1, -0.05) is 12.5 Å². The minimum Gasteiger partial charge on any atom is -0.490 e. The van der Waals surface area contributed by atoms with Crippen molar-refractivity contribution in [2.45, 2.75) is 58.1 Å². The van der Waals surface area contributed by atoms with Crippen molar-refractivity contribution in [3.63, 3.8) is 0 Å². The molecule has 1 saturated heterocycles. The topological polar surface area (TPSA) is 55.6 Å². The third-order valence-electron chi connectivity index (χ3n) is 5.42. The summed E-state index contributed by atoms with van der Waals surface area (Å²) in [6.45, 7) is 5.79. The second-order valence-corrected chi connectivity index (χ2v) is 7.09. The van der Waals surface area contributed by atoms with Crippen molar-refractivity contribution < 1.29 is 9.53 Å². The maximum Gasteiger partial charge on any atom is 0.227 e. The summed E-state index contributed by atoms with van der Waals surface area (Å²) < 4.78 is 6.10. The van der Waals surface area contributed by atoms with E-state index in [4.69, 9.17) is 10.5 Å². The van der Waals surface area contributed by atoms with E-state index < -0.39 is 0 Å². The van der Waals surface area contributed by atoms with Crippen molar-refractivity contribution in [2.24, 2.45) is 11.7 Å². The number of rotatable bonds is 3. The summed E-state index contributed by atoms with van der Waals surface area (Å²) in [5.41, 5.74) is 8.61. The van der Waals surface area contributed by atoms with E-state index in [2.05, 4.69) is 26.0 Å². The number of benzene rings is 1. The molecule has 0 bridgehead atoms. The van der Waals surface area contributed by atoms with E-state index >= 15 is 0 Å². The van der Waals surface area contributed by atoms with E-state index in [1.165, 1.54) is 11.1 Å². The van der Waals surface area contributed by atoms with Gasteiger partial charge in [0.2, 0.25) is 5.91 Å². The van der Waals surface area contributed by atoms with Crippen LogP contribution < -0.4 is 10.5 Å². The highest BCUT2D eigenvalue weighted by atomic mass is 16.5. The molecule has 1 aliphatic carbocycles. The zero-order valence-electron chi connectivity index (χ0n) is 14.3. The van der Waals surface area contributed by atoms with Crippen molar-refractivity contribution >= 4 is 5.91 Å². The summed E-state index contributed by atoms with van der Waals surface area (Å²) in [4.78, 5) is 14.6. The van der Waals surface area contributed by atoms with Gasteiger partial charge in [-0.2, -0.15) is 0 Å². The summed E-state index contributed by atoms with van der Waals surface area (Å²) in [5, 5.41) is 0. The Bertz CT molecular complexity index is 564. The van der Waals surface area contributed by atoms with Gasteiger partial charge in [0.15, 0.2) is 0 Å². The molecule has 1 aromatic carbocycles. The molecule has 1 aliphatic heterocycles. The van der Waals surface area contributed by atoms with Crippen molar-refractivity contribution in [3.05, 3.63) is 29.3 Å². The Labute approximate surface area is 139 Å². The molecule has 126 valence electrons. The fourth-order valence-corrected chi connectivity index (χ4v) is 3.70. The zero-order chi connectivity index (χ0) is 16.4. The minimum absolute atomic E-state index is 0.0483. The quantitative estimate of drug-likeness (QED) is 0.933. The van der Waals surface area contributed by atoms with Crippen molar-refractivity contribution in [1.82, 2.24) is 4.90 Å². The van der Waals surface area contributed by atoms with Crippen LogP contribution in [0.5, 0.6) is 5.75 Å². The summed E-state index contributed by atoms with van der Waals surface area (Å²) in [5.74, 6) is 1.25. The fourth-order valence-electron chi connectivity index (χ4n) is 3.70. The van der Waals surface area contributed by atoms with Crippen LogP contribution >= 0.6 is 0 Å². The van der Waals surface area contributed by atoms with Crippen molar-refractivity contribution in [2.75, 3.05) is 13.1 Å². The number of likely N-dealkylation sites (tertiary alicyclic amines) is 1. The van der Waals surface area contributed by atoms with Gasteiger partial charge in [-0.3, -0.25) is 4.79 Å². The highest BCUT2D eigenvalue weighted by Crippen LogP contribution is 2.28. The van der Waals surface area contributed by atoms with Crippen LogP contribution in [-0.4, -0.2) is 36.0 Å².